The molecule has 7 heteroatoms. The van der Waals surface area contributed by atoms with E-state index >= 15 is 0 Å². The van der Waals surface area contributed by atoms with E-state index < -0.39 is 23.6 Å². The summed E-state index contributed by atoms with van der Waals surface area (Å²) < 4.78 is 24.8. The molecular weight excluding hydrogens is 309 g/mol. The highest BCUT2D eigenvalue weighted by Crippen LogP contribution is 2.19. The predicted molar refractivity (Wildman–Crippen MR) is 53.3 cm³/mol. The maximum Gasteiger partial charge on any atom is 0.279 e. The van der Waals surface area contributed by atoms with Gasteiger partial charge in [-0.25, -0.2) is 8.78 Å². The van der Waals surface area contributed by atoms with Crippen molar-refractivity contribution in [2.75, 3.05) is 0 Å². The molecule has 4 nitrogen and oxygen atoms in total. The Morgan fingerprint density at radius 3 is 2.57 bits per heavy atom. The van der Waals surface area contributed by atoms with Crippen LogP contribution in [0.4, 0.5) is 8.78 Å². The number of pyridine rings is 1. The third-order valence-corrected chi connectivity index (χ3v) is 2.31. The van der Waals surface area contributed by atoms with E-state index in [0.717, 1.165) is 6.07 Å². The topological polar surface area (TPSA) is 76.0 Å². The first-order valence-corrected chi connectivity index (χ1v) is 4.52. The van der Waals surface area contributed by atoms with Crippen molar-refractivity contribution in [3.05, 3.63) is 31.2 Å². The van der Waals surface area contributed by atoms with Gasteiger partial charge in [-0.2, -0.15) is 0 Å². The summed E-state index contributed by atoms with van der Waals surface area (Å²) in [6.45, 7) is 0. The molecule has 1 aromatic heterocycles. The van der Waals surface area contributed by atoms with Crippen LogP contribution in [-0.4, -0.2) is 10.9 Å². The molecule has 0 saturated heterocycles. The van der Waals surface area contributed by atoms with E-state index in [1.165, 1.54) is 0 Å². The fraction of sp³-hybridized carbons (Fsp3) is 0.143. The number of halogens is 3. The van der Waals surface area contributed by atoms with E-state index in [4.69, 9.17) is 5.73 Å². The second-order valence-corrected chi connectivity index (χ2v) is 3.60. The van der Waals surface area contributed by atoms with Crippen molar-refractivity contribution >= 4 is 28.5 Å². The summed E-state index contributed by atoms with van der Waals surface area (Å²) in [6, 6.07) is 1.04. The molecule has 0 aliphatic carbocycles. The number of nitrogens with two attached hydrogens (primary N) is 1. The van der Waals surface area contributed by atoms with Crippen molar-refractivity contribution < 1.29 is 13.6 Å². The van der Waals surface area contributed by atoms with Gasteiger partial charge in [0.2, 0.25) is 0 Å². The minimum atomic E-state index is -2.93. The van der Waals surface area contributed by atoms with Gasteiger partial charge in [0.1, 0.15) is 0 Å². The Morgan fingerprint density at radius 1 is 1.57 bits per heavy atom. The molecule has 0 aromatic carbocycles. The van der Waals surface area contributed by atoms with Gasteiger partial charge in [0.25, 0.3) is 17.9 Å². The molecule has 1 heterocycles. The first-order valence-electron chi connectivity index (χ1n) is 3.44. The molecule has 0 aliphatic rings. The van der Waals surface area contributed by atoms with E-state index in [1.807, 2.05) is 4.98 Å². The van der Waals surface area contributed by atoms with E-state index in [-0.39, 0.29) is 9.13 Å². The first kappa shape index (κ1) is 11.1. The van der Waals surface area contributed by atoms with Crippen molar-refractivity contribution in [3.8, 4) is 0 Å². The van der Waals surface area contributed by atoms with E-state index in [9.17, 15) is 18.4 Å². The van der Waals surface area contributed by atoms with Crippen molar-refractivity contribution in [3.63, 3.8) is 0 Å². The number of aromatic amines is 1. The maximum atomic E-state index is 12.3. The Bertz CT molecular complexity index is 430. The molecule has 0 fully saturated rings. The standard InChI is InChI=1S/C7H5F2IN2O2/c8-5(9)4-2(6(11)13)1-3(10)7(14)12-4/h1,5H,(H2,11,13)(H,12,14). The van der Waals surface area contributed by atoms with Crippen LogP contribution in [0.15, 0.2) is 10.9 Å². The molecule has 1 rings (SSSR count). The predicted octanol–water partition coefficient (Wildman–Crippen LogP) is 1.02. The van der Waals surface area contributed by atoms with Gasteiger partial charge >= 0.3 is 0 Å². The van der Waals surface area contributed by atoms with Crippen molar-refractivity contribution in [2.45, 2.75) is 6.43 Å². The number of aromatic nitrogens is 1. The summed E-state index contributed by atoms with van der Waals surface area (Å²) in [5, 5.41) is 0. The van der Waals surface area contributed by atoms with Gasteiger partial charge in [-0.15, -0.1) is 0 Å². The van der Waals surface area contributed by atoms with Crippen LogP contribution < -0.4 is 11.3 Å². The van der Waals surface area contributed by atoms with Crippen molar-refractivity contribution in [2.24, 2.45) is 5.73 Å². The van der Waals surface area contributed by atoms with E-state index in [0.29, 0.717) is 0 Å². The number of carbonyl (C=O) groups is 1. The molecule has 0 unspecified atom stereocenters. The highest BCUT2D eigenvalue weighted by Gasteiger charge is 2.18. The number of alkyl halides is 2. The number of hydrogen-bond donors (Lipinski definition) is 2. The minimum absolute atomic E-state index is 0.140. The zero-order valence-corrected chi connectivity index (χ0v) is 8.84. The first-order chi connectivity index (χ1) is 6.43. The molecule has 1 amide bonds. The fourth-order valence-electron chi connectivity index (χ4n) is 0.895. The molecular formula is C7H5F2IN2O2. The average molecular weight is 314 g/mol. The van der Waals surface area contributed by atoms with Gasteiger partial charge in [0.15, 0.2) is 0 Å². The Balaban J connectivity index is 3.47. The van der Waals surface area contributed by atoms with Crippen LogP contribution in [0.5, 0.6) is 0 Å². The van der Waals surface area contributed by atoms with Gasteiger partial charge in [-0.3, -0.25) is 9.59 Å². The van der Waals surface area contributed by atoms with Gasteiger partial charge in [0.05, 0.1) is 14.8 Å². The minimum Gasteiger partial charge on any atom is -0.366 e. The second kappa shape index (κ2) is 4.03. The Labute approximate surface area is 90.6 Å². The van der Waals surface area contributed by atoms with Gasteiger partial charge in [-0.1, -0.05) is 0 Å². The maximum absolute atomic E-state index is 12.3. The number of H-pyrrole nitrogens is 1. The monoisotopic (exact) mass is 314 g/mol. The highest BCUT2D eigenvalue weighted by atomic mass is 127. The lowest BCUT2D eigenvalue weighted by molar-refractivity contribution is 0.0982. The molecule has 76 valence electrons. The lowest BCUT2D eigenvalue weighted by Crippen LogP contribution is -2.21. The molecule has 0 radical (unpaired) electrons. The number of carbonyl (C=O) groups excluding carboxylic acids is 1. The third kappa shape index (κ3) is 2.08. The van der Waals surface area contributed by atoms with Crippen LogP contribution in [0.25, 0.3) is 0 Å². The van der Waals surface area contributed by atoms with Crippen LogP contribution in [0.1, 0.15) is 22.5 Å². The van der Waals surface area contributed by atoms with Crippen LogP contribution in [0.2, 0.25) is 0 Å². The summed E-state index contributed by atoms with van der Waals surface area (Å²) in [5.74, 6) is -0.991. The van der Waals surface area contributed by atoms with Crippen LogP contribution in [-0.2, 0) is 0 Å². The lowest BCUT2D eigenvalue weighted by atomic mass is 10.2. The lowest BCUT2D eigenvalue weighted by Gasteiger charge is -2.05. The fourth-order valence-corrected chi connectivity index (χ4v) is 1.34. The second-order valence-electron chi connectivity index (χ2n) is 2.44. The number of nitrogens with one attached hydrogen (secondary N) is 1. The van der Waals surface area contributed by atoms with Gasteiger partial charge in [0, 0.05) is 0 Å². The number of amides is 1. The molecule has 0 atom stereocenters. The van der Waals surface area contributed by atoms with Crippen LogP contribution in [0, 0.1) is 3.57 Å². The SMILES string of the molecule is NC(=O)c1cc(I)c(=O)[nH]c1C(F)F. The van der Waals surface area contributed by atoms with Crippen LogP contribution in [0.3, 0.4) is 0 Å². The Morgan fingerprint density at radius 2 is 2.14 bits per heavy atom. The Kier molecular flexibility index (Phi) is 3.19. The number of primary amides is 1. The van der Waals surface area contributed by atoms with Crippen molar-refractivity contribution in [1.29, 1.82) is 0 Å². The third-order valence-electron chi connectivity index (χ3n) is 1.51. The summed E-state index contributed by atoms with van der Waals surface area (Å²) in [5.41, 5.74) is 3.12. The quantitative estimate of drug-likeness (QED) is 0.800. The van der Waals surface area contributed by atoms with E-state index in [1.54, 1.807) is 22.6 Å². The largest absolute Gasteiger partial charge is 0.366 e. The summed E-state index contributed by atoms with van der Waals surface area (Å²) in [7, 11) is 0. The summed E-state index contributed by atoms with van der Waals surface area (Å²) >= 11 is 1.63. The zero-order chi connectivity index (χ0) is 10.9. The smallest absolute Gasteiger partial charge is 0.279 e. The number of rotatable bonds is 2. The summed E-state index contributed by atoms with van der Waals surface area (Å²) in [4.78, 5) is 23.6. The van der Waals surface area contributed by atoms with E-state index in [2.05, 4.69) is 0 Å². The molecule has 0 saturated carbocycles. The molecule has 1 aromatic rings. The molecule has 0 aliphatic heterocycles. The highest BCUT2D eigenvalue weighted by molar-refractivity contribution is 14.1. The van der Waals surface area contributed by atoms with Crippen molar-refractivity contribution in [1.82, 2.24) is 4.98 Å². The summed E-state index contributed by atoms with van der Waals surface area (Å²) in [6.07, 6.45) is -2.93. The molecule has 0 bridgehead atoms. The van der Waals surface area contributed by atoms with Gasteiger partial charge < -0.3 is 10.7 Å². The molecule has 3 N–H and O–H groups in total. The van der Waals surface area contributed by atoms with Gasteiger partial charge in [-0.05, 0) is 28.7 Å². The molecule has 0 spiro atoms. The Hall–Kier alpha value is -0.990. The number of hydrogen-bond acceptors (Lipinski definition) is 2. The normalized spacial score (nSPS) is 10.6. The zero-order valence-electron chi connectivity index (χ0n) is 6.68. The van der Waals surface area contributed by atoms with Crippen LogP contribution >= 0.6 is 22.6 Å². The molecule has 14 heavy (non-hydrogen) atoms. The average Bonchev–Trinajstić information content (AvgIpc) is 2.08.